The van der Waals surface area contributed by atoms with Crippen LogP contribution in [0.4, 0.5) is 10.8 Å². The lowest BCUT2D eigenvalue weighted by atomic mass is 10.1. The highest BCUT2D eigenvalue weighted by Crippen LogP contribution is 2.40. The molecule has 2 amide bonds. The first-order valence-corrected chi connectivity index (χ1v) is 10.5. The molecule has 2 aromatic carbocycles. The molecule has 0 fully saturated rings. The first kappa shape index (κ1) is 18.6. The van der Waals surface area contributed by atoms with Gasteiger partial charge in [0.2, 0.25) is 12.7 Å². The van der Waals surface area contributed by atoms with Gasteiger partial charge in [-0.2, -0.15) is 0 Å². The average Bonchev–Trinajstić information content (AvgIpc) is 3.43. The third-order valence-electron chi connectivity index (χ3n) is 5.21. The second kappa shape index (κ2) is 7.46. The van der Waals surface area contributed by atoms with E-state index in [4.69, 9.17) is 9.47 Å². The van der Waals surface area contributed by atoms with Gasteiger partial charge in [-0.3, -0.25) is 14.9 Å². The summed E-state index contributed by atoms with van der Waals surface area (Å²) in [4.78, 5) is 30.9. The highest BCUT2D eigenvalue weighted by molar-refractivity contribution is 7.16. The molecule has 5 rings (SSSR count). The molecule has 2 aliphatic rings. The van der Waals surface area contributed by atoms with E-state index in [9.17, 15) is 9.59 Å². The van der Waals surface area contributed by atoms with Crippen LogP contribution in [0.5, 0.6) is 11.5 Å². The van der Waals surface area contributed by atoms with Crippen molar-refractivity contribution in [3.05, 3.63) is 64.2 Å². The van der Waals surface area contributed by atoms with Crippen molar-refractivity contribution < 1.29 is 19.1 Å². The summed E-state index contributed by atoms with van der Waals surface area (Å²) in [6, 6.07) is 12.7. The third kappa shape index (κ3) is 3.50. The Morgan fingerprint density at radius 2 is 1.87 bits per heavy atom. The molecule has 2 N–H and O–H groups in total. The Balaban J connectivity index is 1.28. The van der Waals surface area contributed by atoms with Crippen molar-refractivity contribution in [1.82, 2.24) is 4.98 Å². The normalized spacial score (nSPS) is 16.2. The molecule has 8 heteroatoms. The van der Waals surface area contributed by atoms with Gasteiger partial charge in [0.25, 0.3) is 5.91 Å². The lowest BCUT2D eigenvalue weighted by Gasteiger charge is -2.11. The molecule has 30 heavy (non-hydrogen) atoms. The van der Waals surface area contributed by atoms with Crippen LogP contribution in [0.3, 0.4) is 0 Å². The van der Waals surface area contributed by atoms with Gasteiger partial charge < -0.3 is 14.8 Å². The first-order chi connectivity index (χ1) is 14.6. The van der Waals surface area contributed by atoms with Crippen molar-refractivity contribution in [1.29, 1.82) is 0 Å². The molecule has 0 bridgehead atoms. The van der Waals surface area contributed by atoms with Crippen molar-refractivity contribution in [2.75, 3.05) is 17.4 Å². The van der Waals surface area contributed by atoms with E-state index in [1.807, 2.05) is 19.1 Å². The van der Waals surface area contributed by atoms with Gasteiger partial charge in [0, 0.05) is 22.2 Å². The Morgan fingerprint density at radius 3 is 2.70 bits per heavy atom. The van der Waals surface area contributed by atoms with E-state index in [1.54, 1.807) is 30.3 Å². The number of hydrogen-bond acceptors (Lipinski definition) is 6. The van der Waals surface area contributed by atoms with E-state index in [2.05, 4.69) is 15.6 Å². The maximum Gasteiger partial charge on any atom is 0.257 e. The monoisotopic (exact) mass is 421 g/mol. The fourth-order valence-electron chi connectivity index (χ4n) is 3.61. The molecule has 152 valence electrons. The highest BCUT2D eigenvalue weighted by Gasteiger charge is 2.33. The number of ether oxygens (including phenoxy) is 2. The Labute approximate surface area is 177 Å². The molecule has 0 saturated heterocycles. The number of carbonyl (C=O) groups is 2. The number of hydrogen-bond donors (Lipinski definition) is 2. The summed E-state index contributed by atoms with van der Waals surface area (Å²) >= 11 is 1.43. The summed E-state index contributed by atoms with van der Waals surface area (Å²) in [5.41, 5.74) is 3.07. The number of aryl methyl sites for hydroxylation is 2. The standard InChI is InChI=1S/C22H19N3O4S/c1-12-2-4-13(5-3-12)20(26)25-22-24-19-15(7-9-18(19)30-22)21(27)23-14-6-8-16-17(10-14)29-11-28-16/h2-6,8,10,15H,7,9,11H2,1H3,(H,23,27)(H,24,25,26)/t15-/m1/s1. The van der Waals surface area contributed by atoms with E-state index in [-0.39, 0.29) is 24.5 Å². The minimum absolute atomic E-state index is 0.116. The zero-order chi connectivity index (χ0) is 20.7. The van der Waals surface area contributed by atoms with Gasteiger partial charge in [0.15, 0.2) is 16.6 Å². The number of aromatic nitrogens is 1. The van der Waals surface area contributed by atoms with E-state index in [0.29, 0.717) is 34.3 Å². The number of fused-ring (bicyclic) bond motifs is 2. The van der Waals surface area contributed by atoms with Crippen LogP contribution in [0.1, 0.15) is 38.8 Å². The molecule has 0 saturated carbocycles. The summed E-state index contributed by atoms with van der Waals surface area (Å²) in [7, 11) is 0. The largest absolute Gasteiger partial charge is 0.454 e. The number of rotatable bonds is 4. The molecule has 0 unspecified atom stereocenters. The van der Waals surface area contributed by atoms with Crippen LogP contribution < -0.4 is 20.1 Å². The summed E-state index contributed by atoms with van der Waals surface area (Å²) in [5.74, 6) is 0.629. The predicted octanol–water partition coefficient (Wildman–Crippen LogP) is 4.10. The molecule has 7 nitrogen and oxygen atoms in total. The third-order valence-corrected chi connectivity index (χ3v) is 6.25. The van der Waals surface area contributed by atoms with Gasteiger partial charge in [0.05, 0.1) is 11.6 Å². The minimum atomic E-state index is -0.341. The molecule has 2 heterocycles. The lowest BCUT2D eigenvalue weighted by Crippen LogP contribution is -2.20. The predicted molar refractivity (Wildman–Crippen MR) is 114 cm³/mol. The van der Waals surface area contributed by atoms with E-state index in [1.165, 1.54) is 11.3 Å². The molecular weight excluding hydrogens is 402 g/mol. The fourth-order valence-corrected chi connectivity index (χ4v) is 4.65. The fraction of sp³-hybridized carbons (Fsp3) is 0.227. The summed E-state index contributed by atoms with van der Waals surface area (Å²) < 4.78 is 10.7. The zero-order valence-corrected chi connectivity index (χ0v) is 17.0. The Bertz CT molecular complexity index is 1140. The van der Waals surface area contributed by atoms with Crippen molar-refractivity contribution in [2.24, 2.45) is 0 Å². The second-order valence-corrected chi connectivity index (χ2v) is 8.38. The quantitative estimate of drug-likeness (QED) is 0.662. The van der Waals surface area contributed by atoms with E-state index in [0.717, 1.165) is 22.6 Å². The molecule has 1 atom stereocenters. The highest BCUT2D eigenvalue weighted by atomic mass is 32.1. The Morgan fingerprint density at radius 1 is 1.07 bits per heavy atom. The van der Waals surface area contributed by atoms with Gasteiger partial charge in [-0.25, -0.2) is 4.98 Å². The van der Waals surface area contributed by atoms with Crippen LogP contribution in [0.2, 0.25) is 0 Å². The summed E-state index contributed by atoms with van der Waals surface area (Å²) in [6.07, 6.45) is 1.48. The van der Waals surface area contributed by atoms with Crippen molar-refractivity contribution in [2.45, 2.75) is 25.7 Å². The second-order valence-electron chi connectivity index (χ2n) is 7.30. The maximum atomic E-state index is 12.9. The number of anilines is 2. The molecule has 0 spiro atoms. The summed E-state index contributed by atoms with van der Waals surface area (Å²) in [6.45, 7) is 2.16. The molecule has 1 aromatic heterocycles. The Hall–Kier alpha value is -3.39. The van der Waals surface area contributed by atoms with Gasteiger partial charge in [-0.15, -0.1) is 11.3 Å². The number of nitrogens with zero attached hydrogens (tertiary/aromatic N) is 1. The lowest BCUT2D eigenvalue weighted by molar-refractivity contribution is -0.117. The SMILES string of the molecule is Cc1ccc(C(=O)Nc2nc3c(s2)CC[C@H]3C(=O)Nc2ccc3c(c2)OCO3)cc1. The molecular formula is C22H19N3O4S. The summed E-state index contributed by atoms with van der Waals surface area (Å²) in [5, 5.41) is 6.31. The van der Waals surface area contributed by atoms with Crippen LogP contribution in [-0.2, 0) is 11.2 Å². The van der Waals surface area contributed by atoms with Crippen LogP contribution in [-0.4, -0.2) is 23.6 Å². The molecule has 1 aliphatic heterocycles. The molecule has 3 aromatic rings. The van der Waals surface area contributed by atoms with E-state index < -0.39 is 0 Å². The number of benzene rings is 2. The van der Waals surface area contributed by atoms with Gasteiger partial charge in [-0.05, 0) is 44.0 Å². The molecule has 0 radical (unpaired) electrons. The van der Waals surface area contributed by atoms with Crippen LogP contribution >= 0.6 is 11.3 Å². The van der Waals surface area contributed by atoms with E-state index >= 15 is 0 Å². The van der Waals surface area contributed by atoms with Crippen molar-refractivity contribution >= 4 is 34.0 Å². The number of thiazole rings is 1. The zero-order valence-electron chi connectivity index (χ0n) is 16.2. The first-order valence-electron chi connectivity index (χ1n) is 9.65. The molecule has 1 aliphatic carbocycles. The number of carbonyl (C=O) groups excluding carboxylic acids is 2. The Kier molecular flexibility index (Phi) is 4.63. The maximum absolute atomic E-state index is 12.9. The number of amides is 2. The smallest absolute Gasteiger partial charge is 0.257 e. The van der Waals surface area contributed by atoms with Crippen LogP contribution in [0.15, 0.2) is 42.5 Å². The minimum Gasteiger partial charge on any atom is -0.454 e. The van der Waals surface area contributed by atoms with Crippen molar-refractivity contribution in [3.8, 4) is 11.5 Å². The van der Waals surface area contributed by atoms with Crippen LogP contribution in [0, 0.1) is 6.92 Å². The topological polar surface area (TPSA) is 89.6 Å². The average molecular weight is 421 g/mol. The van der Waals surface area contributed by atoms with Gasteiger partial charge >= 0.3 is 0 Å². The van der Waals surface area contributed by atoms with Crippen LogP contribution in [0.25, 0.3) is 0 Å². The number of nitrogens with one attached hydrogen (secondary N) is 2. The van der Waals surface area contributed by atoms with Crippen molar-refractivity contribution in [3.63, 3.8) is 0 Å². The van der Waals surface area contributed by atoms with Gasteiger partial charge in [0.1, 0.15) is 0 Å². The van der Waals surface area contributed by atoms with Gasteiger partial charge in [-0.1, -0.05) is 17.7 Å².